The highest BCUT2D eigenvalue weighted by molar-refractivity contribution is 8.04. The van der Waals surface area contributed by atoms with E-state index >= 15 is 0 Å². The van der Waals surface area contributed by atoms with Crippen molar-refractivity contribution in [1.82, 2.24) is 0 Å². The molecule has 0 bridgehead atoms. The molecule has 0 unspecified atom stereocenters. The van der Waals surface area contributed by atoms with Crippen LogP contribution in [0.15, 0.2) is 88.7 Å². The number of carbonyl (C=O) groups is 3. The number of thioether (sulfide) groups is 1. The number of carbonyl (C=O) groups excluding carboxylic acids is 3. The van der Waals surface area contributed by atoms with E-state index in [4.69, 9.17) is 11.6 Å². The summed E-state index contributed by atoms with van der Waals surface area (Å²) in [5.74, 6) is -0.978. The average molecular weight is 449 g/mol. The first kappa shape index (κ1) is 20.9. The van der Waals surface area contributed by atoms with Crippen LogP contribution in [0.5, 0.6) is 0 Å². The van der Waals surface area contributed by atoms with E-state index in [1.54, 1.807) is 48.5 Å². The molecule has 0 saturated carbocycles. The fourth-order valence-corrected chi connectivity index (χ4v) is 4.35. The van der Waals surface area contributed by atoms with Gasteiger partial charge in [0, 0.05) is 22.5 Å². The quantitative estimate of drug-likeness (QED) is 0.532. The summed E-state index contributed by atoms with van der Waals surface area (Å²) in [6.07, 6.45) is 0. The highest BCUT2D eigenvalue weighted by Crippen LogP contribution is 2.41. The van der Waals surface area contributed by atoms with E-state index < -0.39 is 5.91 Å². The number of anilines is 2. The van der Waals surface area contributed by atoms with Crippen LogP contribution in [0.3, 0.4) is 0 Å². The minimum atomic E-state index is -0.405. The van der Waals surface area contributed by atoms with Crippen molar-refractivity contribution in [3.05, 3.63) is 94.4 Å². The molecule has 31 heavy (non-hydrogen) atoms. The van der Waals surface area contributed by atoms with Crippen molar-refractivity contribution in [3.63, 3.8) is 0 Å². The van der Waals surface area contributed by atoms with Gasteiger partial charge in [-0.3, -0.25) is 14.4 Å². The zero-order chi connectivity index (χ0) is 22.0. The molecule has 0 radical (unpaired) electrons. The van der Waals surface area contributed by atoms with Gasteiger partial charge in [-0.1, -0.05) is 53.7 Å². The number of imide groups is 1. The molecule has 0 aliphatic carbocycles. The molecule has 0 aromatic heterocycles. The van der Waals surface area contributed by atoms with Crippen molar-refractivity contribution < 1.29 is 14.4 Å². The van der Waals surface area contributed by atoms with Gasteiger partial charge in [0.05, 0.1) is 16.2 Å². The largest absolute Gasteiger partial charge is 0.326 e. The van der Waals surface area contributed by atoms with Crippen LogP contribution >= 0.6 is 23.4 Å². The Morgan fingerprint density at radius 2 is 1.52 bits per heavy atom. The molecular weight excluding hydrogens is 432 g/mol. The molecule has 4 rings (SSSR count). The molecule has 1 heterocycles. The van der Waals surface area contributed by atoms with Gasteiger partial charge in [0.25, 0.3) is 11.8 Å². The maximum Gasteiger partial charge on any atom is 0.272 e. The van der Waals surface area contributed by atoms with E-state index in [1.165, 1.54) is 23.6 Å². The molecular formula is C24H17ClN2O3S. The Morgan fingerprint density at radius 3 is 2.13 bits per heavy atom. The lowest BCUT2D eigenvalue weighted by molar-refractivity contribution is -0.120. The standard InChI is InChI=1S/C24H17ClN2O3S/c1-15(28)26-18-11-7-16(8-12-18)21-22(31-20-5-3-2-4-6-20)24(30)27(23(21)29)19-13-9-17(25)10-14-19/h2-14H,1H3,(H,26,28). The third kappa shape index (κ3) is 4.40. The molecule has 1 aliphatic rings. The molecule has 0 atom stereocenters. The summed E-state index contributed by atoms with van der Waals surface area (Å²) in [5, 5.41) is 3.22. The molecule has 3 amide bonds. The van der Waals surface area contributed by atoms with Crippen molar-refractivity contribution in [2.24, 2.45) is 0 Å². The van der Waals surface area contributed by atoms with Crippen LogP contribution in [-0.4, -0.2) is 17.7 Å². The molecule has 154 valence electrons. The second-order valence-electron chi connectivity index (χ2n) is 6.80. The Bertz CT molecular complexity index is 1190. The van der Waals surface area contributed by atoms with E-state index in [0.717, 1.165) is 4.90 Å². The predicted molar refractivity (Wildman–Crippen MR) is 124 cm³/mol. The summed E-state index contributed by atoms with van der Waals surface area (Å²) in [6.45, 7) is 1.42. The van der Waals surface area contributed by atoms with Gasteiger partial charge in [0.1, 0.15) is 0 Å². The van der Waals surface area contributed by atoms with Gasteiger partial charge >= 0.3 is 0 Å². The van der Waals surface area contributed by atoms with E-state index in [9.17, 15) is 14.4 Å². The first-order valence-electron chi connectivity index (χ1n) is 9.43. The van der Waals surface area contributed by atoms with Gasteiger partial charge in [-0.2, -0.15) is 0 Å². The lowest BCUT2D eigenvalue weighted by atomic mass is 10.1. The lowest BCUT2D eigenvalue weighted by Gasteiger charge is -2.15. The highest BCUT2D eigenvalue weighted by Gasteiger charge is 2.40. The summed E-state index contributed by atoms with van der Waals surface area (Å²) < 4.78 is 0. The lowest BCUT2D eigenvalue weighted by Crippen LogP contribution is -2.31. The summed E-state index contributed by atoms with van der Waals surface area (Å²) in [4.78, 5) is 40.4. The van der Waals surface area contributed by atoms with Crippen LogP contribution in [0.4, 0.5) is 11.4 Å². The zero-order valence-electron chi connectivity index (χ0n) is 16.5. The van der Waals surface area contributed by atoms with Gasteiger partial charge in [-0.05, 0) is 54.1 Å². The monoisotopic (exact) mass is 448 g/mol. The van der Waals surface area contributed by atoms with Crippen molar-refractivity contribution in [3.8, 4) is 0 Å². The van der Waals surface area contributed by atoms with E-state index in [2.05, 4.69) is 5.32 Å². The average Bonchev–Trinajstić information content (AvgIpc) is 2.99. The maximum atomic E-state index is 13.4. The third-order valence-electron chi connectivity index (χ3n) is 4.58. The molecule has 3 aromatic carbocycles. The van der Waals surface area contributed by atoms with Crippen molar-refractivity contribution in [1.29, 1.82) is 0 Å². The number of nitrogens with zero attached hydrogens (tertiary/aromatic N) is 1. The Morgan fingerprint density at radius 1 is 0.871 bits per heavy atom. The number of amides is 3. The fraction of sp³-hybridized carbons (Fsp3) is 0.0417. The number of hydrogen-bond acceptors (Lipinski definition) is 4. The molecule has 1 N–H and O–H groups in total. The number of halogens is 1. The first-order valence-corrected chi connectivity index (χ1v) is 10.6. The van der Waals surface area contributed by atoms with Gasteiger partial charge < -0.3 is 5.32 Å². The SMILES string of the molecule is CC(=O)Nc1ccc(C2=C(Sc3ccccc3)C(=O)N(c3ccc(Cl)cc3)C2=O)cc1. The second kappa shape index (κ2) is 8.79. The molecule has 0 saturated heterocycles. The minimum absolute atomic E-state index is 0.187. The second-order valence-corrected chi connectivity index (χ2v) is 8.32. The van der Waals surface area contributed by atoms with Gasteiger partial charge in [0.15, 0.2) is 0 Å². The van der Waals surface area contributed by atoms with E-state index in [-0.39, 0.29) is 11.8 Å². The molecule has 1 aliphatic heterocycles. The van der Waals surface area contributed by atoms with Gasteiger partial charge in [-0.25, -0.2) is 4.90 Å². The molecule has 5 nitrogen and oxygen atoms in total. The third-order valence-corrected chi connectivity index (χ3v) is 5.93. The Hall–Kier alpha value is -3.35. The Kier molecular flexibility index (Phi) is 5.93. The summed E-state index contributed by atoms with van der Waals surface area (Å²) >= 11 is 7.22. The highest BCUT2D eigenvalue weighted by atomic mass is 35.5. The predicted octanol–water partition coefficient (Wildman–Crippen LogP) is 5.38. The van der Waals surface area contributed by atoms with Crippen LogP contribution in [0.1, 0.15) is 12.5 Å². The number of benzene rings is 3. The van der Waals surface area contributed by atoms with Crippen LogP contribution in [0.2, 0.25) is 5.02 Å². The number of nitrogens with one attached hydrogen (secondary N) is 1. The van der Waals surface area contributed by atoms with Crippen molar-refractivity contribution >= 4 is 58.0 Å². The van der Waals surface area contributed by atoms with E-state index in [1.807, 2.05) is 30.3 Å². The van der Waals surface area contributed by atoms with Crippen molar-refractivity contribution in [2.75, 3.05) is 10.2 Å². The number of hydrogen-bond donors (Lipinski definition) is 1. The summed E-state index contributed by atoms with van der Waals surface area (Å²) in [5.41, 5.74) is 1.99. The zero-order valence-corrected chi connectivity index (χ0v) is 18.0. The minimum Gasteiger partial charge on any atom is -0.326 e. The smallest absolute Gasteiger partial charge is 0.272 e. The normalized spacial score (nSPS) is 13.7. The topological polar surface area (TPSA) is 66.5 Å². The maximum absolute atomic E-state index is 13.4. The Balaban J connectivity index is 1.77. The molecule has 7 heteroatoms. The van der Waals surface area contributed by atoms with Crippen LogP contribution in [0.25, 0.3) is 5.57 Å². The summed E-state index contributed by atoms with van der Waals surface area (Å²) in [6, 6.07) is 22.9. The first-order chi connectivity index (χ1) is 14.9. The fourth-order valence-electron chi connectivity index (χ4n) is 3.21. The van der Waals surface area contributed by atoms with E-state index in [0.29, 0.717) is 32.4 Å². The Labute approximate surface area is 188 Å². The van der Waals surface area contributed by atoms with Gasteiger partial charge in [0.2, 0.25) is 5.91 Å². The van der Waals surface area contributed by atoms with Gasteiger partial charge in [-0.15, -0.1) is 0 Å². The summed E-state index contributed by atoms with van der Waals surface area (Å²) in [7, 11) is 0. The van der Waals surface area contributed by atoms with Crippen LogP contribution in [-0.2, 0) is 14.4 Å². The van der Waals surface area contributed by atoms with Crippen LogP contribution < -0.4 is 10.2 Å². The van der Waals surface area contributed by atoms with Crippen LogP contribution in [0, 0.1) is 0 Å². The molecule has 0 spiro atoms. The molecule has 3 aromatic rings. The molecule has 0 fully saturated rings. The number of rotatable bonds is 5. The van der Waals surface area contributed by atoms with Crippen molar-refractivity contribution in [2.45, 2.75) is 11.8 Å².